The molecule has 176 valence electrons. The van der Waals surface area contributed by atoms with Gasteiger partial charge in [-0.1, -0.05) is 47.5 Å². The van der Waals surface area contributed by atoms with Crippen LogP contribution >= 0.6 is 23.2 Å². The molecule has 0 amide bonds. The molecule has 0 radical (unpaired) electrons. The van der Waals surface area contributed by atoms with Crippen molar-refractivity contribution in [2.24, 2.45) is 7.05 Å². The first-order valence-electron chi connectivity index (χ1n) is 10.8. The quantitative estimate of drug-likeness (QED) is 0.378. The molecule has 0 saturated carbocycles. The van der Waals surface area contributed by atoms with Crippen LogP contribution in [0.2, 0.25) is 10.0 Å². The van der Waals surface area contributed by atoms with E-state index >= 15 is 0 Å². The lowest BCUT2D eigenvalue weighted by Gasteiger charge is -2.27. The molecule has 34 heavy (non-hydrogen) atoms. The van der Waals surface area contributed by atoms with Crippen LogP contribution in [0.4, 0.5) is 0 Å². The third-order valence-electron chi connectivity index (χ3n) is 5.85. The van der Waals surface area contributed by atoms with E-state index in [-0.39, 0.29) is 18.7 Å². The lowest BCUT2D eigenvalue weighted by molar-refractivity contribution is -0.128. The Labute approximate surface area is 206 Å². The van der Waals surface area contributed by atoms with E-state index < -0.39 is 5.69 Å². The zero-order valence-electron chi connectivity index (χ0n) is 18.5. The number of ether oxygens (including phenoxy) is 1. The van der Waals surface area contributed by atoms with Crippen molar-refractivity contribution in [1.82, 2.24) is 14.5 Å². The standard InChI is InChI=1S/C25H23Cl2N3O4/c1-29-21-14-28-23(17-5-9-19(27)10-6-17)20(13-16-3-7-18(26)8-4-16)22(21)24(32)30(25(29)33)11-2-12-34-15-31/h3-10,15,28H,2,11-14H2,1H3. The van der Waals surface area contributed by atoms with Crippen LogP contribution < -0.4 is 16.6 Å². The molecule has 0 aliphatic carbocycles. The van der Waals surface area contributed by atoms with Gasteiger partial charge in [0.15, 0.2) is 0 Å². The van der Waals surface area contributed by atoms with Gasteiger partial charge in [-0.2, -0.15) is 0 Å². The van der Waals surface area contributed by atoms with Crippen LogP contribution in [-0.2, 0) is 36.1 Å². The summed E-state index contributed by atoms with van der Waals surface area (Å²) >= 11 is 12.2. The van der Waals surface area contributed by atoms with Gasteiger partial charge in [-0.05, 0) is 47.4 Å². The number of hydrogen-bond donors (Lipinski definition) is 1. The lowest BCUT2D eigenvalue weighted by Crippen LogP contribution is -2.45. The Morgan fingerprint density at radius 1 is 1.03 bits per heavy atom. The molecule has 9 heteroatoms. The molecule has 1 N–H and O–H groups in total. The van der Waals surface area contributed by atoms with Crippen LogP contribution in [0.25, 0.3) is 11.3 Å². The van der Waals surface area contributed by atoms with E-state index in [1.165, 1.54) is 9.13 Å². The van der Waals surface area contributed by atoms with Crippen LogP contribution in [0.15, 0.2) is 58.1 Å². The maximum Gasteiger partial charge on any atom is 0.331 e. The number of fused-ring (bicyclic) bond motifs is 1. The summed E-state index contributed by atoms with van der Waals surface area (Å²) in [6.07, 6.45) is 0.808. The molecular formula is C25H23Cl2N3O4. The fraction of sp³-hybridized carbons (Fsp3) is 0.240. The van der Waals surface area contributed by atoms with Crippen molar-refractivity contribution in [1.29, 1.82) is 0 Å². The molecule has 0 bridgehead atoms. The Morgan fingerprint density at radius 2 is 1.68 bits per heavy atom. The van der Waals surface area contributed by atoms with Crippen LogP contribution in [0.1, 0.15) is 28.8 Å². The van der Waals surface area contributed by atoms with Gasteiger partial charge in [0.2, 0.25) is 0 Å². The Bertz CT molecular complexity index is 1360. The van der Waals surface area contributed by atoms with Crippen molar-refractivity contribution in [3.05, 3.63) is 102 Å². The van der Waals surface area contributed by atoms with Crippen molar-refractivity contribution in [3.63, 3.8) is 0 Å². The molecule has 0 saturated heterocycles. The molecule has 7 nitrogen and oxygen atoms in total. The fourth-order valence-electron chi connectivity index (χ4n) is 4.15. The van der Waals surface area contributed by atoms with Crippen molar-refractivity contribution in [3.8, 4) is 0 Å². The number of carbonyl (C=O) groups is 1. The molecule has 0 unspecified atom stereocenters. The van der Waals surface area contributed by atoms with Gasteiger partial charge < -0.3 is 10.1 Å². The smallest absolute Gasteiger partial charge is 0.331 e. The maximum atomic E-state index is 13.7. The topological polar surface area (TPSA) is 82.3 Å². The number of nitrogens with one attached hydrogen (secondary N) is 1. The zero-order valence-corrected chi connectivity index (χ0v) is 20.0. The number of allylic oxidation sites excluding steroid dienone is 1. The summed E-state index contributed by atoms with van der Waals surface area (Å²) in [6.45, 7) is 0.948. The second-order valence-electron chi connectivity index (χ2n) is 7.96. The van der Waals surface area contributed by atoms with E-state index in [9.17, 15) is 14.4 Å². The highest BCUT2D eigenvalue weighted by Crippen LogP contribution is 2.32. The van der Waals surface area contributed by atoms with E-state index in [1.54, 1.807) is 19.2 Å². The number of halogens is 2. The number of rotatable bonds is 8. The fourth-order valence-corrected chi connectivity index (χ4v) is 4.40. The lowest BCUT2D eigenvalue weighted by atomic mass is 9.90. The Kier molecular flexibility index (Phi) is 7.24. The second kappa shape index (κ2) is 10.3. The summed E-state index contributed by atoms with van der Waals surface area (Å²) in [5.41, 5.74) is 3.81. The van der Waals surface area contributed by atoms with Gasteiger partial charge in [0.1, 0.15) is 0 Å². The Balaban J connectivity index is 1.90. The highest BCUT2D eigenvalue weighted by molar-refractivity contribution is 6.30. The SMILES string of the molecule is Cn1c2c(c(=O)n(CCCOC=O)c1=O)C(Cc1ccc(Cl)cc1)=C(c1ccc(Cl)cc1)NC2. The summed E-state index contributed by atoms with van der Waals surface area (Å²) in [5, 5.41) is 4.65. The number of benzene rings is 2. The Morgan fingerprint density at radius 3 is 2.32 bits per heavy atom. The first-order valence-corrected chi connectivity index (χ1v) is 11.5. The summed E-state index contributed by atoms with van der Waals surface area (Å²) in [4.78, 5) is 37.1. The monoisotopic (exact) mass is 499 g/mol. The zero-order chi connectivity index (χ0) is 24.2. The minimum absolute atomic E-state index is 0.126. The van der Waals surface area contributed by atoms with Gasteiger partial charge in [0.25, 0.3) is 12.0 Å². The molecule has 1 aromatic heterocycles. The molecule has 3 aromatic rings. The van der Waals surface area contributed by atoms with Crippen LogP contribution in [0.3, 0.4) is 0 Å². The largest absolute Gasteiger partial charge is 0.468 e. The van der Waals surface area contributed by atoms with E-state index in [0.29, 0.717) is 47.2 Å². The second-order valence-corrected chi connectivity index (χ2v) is 8.83. The van der Waals surface area contributed by atoms with E-state index in [0.717, 1.165) is 22.4 Å². The predicted octanol–water partition coefficient (Wildman–Crippen LogP) is 3.63. The van der Waals surface area contributed by atoms with Crippen molar-refractivity contribution >= 4 is 40.9 Å². The predicted molar refractivity (Wildman–Crippen MR) is 133 cm³/mol. The minimum atomic E-state index is -0.405. The van der Waals surface area contributed by atoms with Gasteiger partial charge in [0, 0.05) is 35.8 Å². The first kappa shape index (κ1) is 23.9. The van der Waals surface area contributed by atoms with Gasteiger partial charge >= 0.3 is 5.69 Å². The normalized spacial score (nSPS) is 12.8. The van der Waals surface area contributed by atoms with Crippen molar-refractivity contribution < 1.29 is 9.53 Å². The minimum Gasteiger partial charge on any atom is -0.468 e. The molecule has 1 aliphatic heterocycles. The van der Waals surface area contributed by atoms with Gasteiger partial charge in [-0.25, -0.2) is 4.79 Å². The van der Waals surface area contributed by atoms with E-state index in [2.05, 4.69) is 5.32 Å². The third-order valence-corrected chi connectivity index (χ3v) is 6.35. The summed E-state index contributed by atoms with van der Waals surface area (Å²) < 4.78 is 7.44. The molecule has 4 rings (SSSR count). The molecule has 2 aromatic carbocycles. The average molecular weight is 500 g/mol. The summed E-state index contributed by atoms with van der Waals surface area (Å²) in [5.74, 6) is 0. The van der Waals surface area contributed by atoms with Crippen LogP contribution in [-0.4, -0.2) is 22.2 Å². The van der Waals surface area contributed by atoms with Gasteiger partial charge in [-0.15, -0.1) is 0 Å². The summed E-state index contributed by atoms with van der Waals surface area (Å²) in [7, 11) is 1.66. The molecule has 0 spiro atoms. The van der Waals surface area contributed by atoms with E-state index in [1.807, 2.05) is 36.4 Å². The highest BCUT2D eigenvalue weighted by atomic mass is 35.5. The summed E-state index contributed by atoms with van der Waals surface area (Å²) in [6, 6.07) is 14.8. The molecule has 2 heterocycles. The average Bonchev–Trinajstić information content (AvgIpc) is 2.84. The van der Waals surface area contributed by atoms with Crippen molar-refractivity contribution in [2.45, 2.75) is 25.9 Å². The number of aromatic nitrogens is 2. The number of nitrogens with zero attached hydrogens (tertiary/aromatic N) is 2. The van der Waals surface area contributed by atoms with E-state index in [4.69, 9.17) is 27.9 Å². The van der Waals surface area contributed by atoms with Gasteiger partial charge in [-0.3, -0.25) is 18.7 Å². The molecule has 0 fully saturated rings. The third kappa shape index (κ3) is 4.81. The van der Waals surface area contributed by atoms with Crippen LogP contribution in [0.5, 0.6) is 0 Å². The first-order chi connectivity index (χ1) is 16.4. The van der Waals surface area contributed by atoms with Crippen LogP contribution in [0, 0.1) is 0 Å². The number of hydrogen-bond acceptors (Lipinski definition) is 5. The Hall–Kier alpha value is -3.29. The molecule has 1 aliphatic rings. The number of carbonyl (C=O) groups excluding carboxylic acids is 1. The molecular weight excluding hydrogens is 477 g/mol. The van der Waals surface area contributed by atoms with Gasteiger partial charge in [0.05, 0.1) is 24.4 Å². The highest BCUT2D eigenvalue weighted by Gasteiger charge is 2.27. The molecule has 0 atom stereocenters. The maximum absolute atomic E-state index is 13.7. The van der Waals surface area contributed by atoms with Crippen molar-refractivity contribution in [2.75, 3.05) is 6.61 Å².